The fourth-order valence-corrected chi connectivity index (χ4v) is 4.35. The third-order valence-electron chi connectivity index (χ3n) is 5.94. The Bertz CT molecular complexity index is 1480. The summed E-state index contributed by atoms with van der Waals surface area (Å²) in [7, 11) is 1.55. The molecule has 0 saturated carbocycles. The Labute approximate surface area is 213 Å². The van der Waals surface area contributed by atoms with E-state index in [0.29, 0.717) is 40.3 Å². The summed E-state index contributed by atoms with van der Waals surface area (Å²) in [5.41, 5.74) is 1.00. The molecule has 36 heavy (non-hydrogen) atoms. The van der Waals surface area contributed by atoms with Gasteiger partial charge in [-0.05, 0) is 61.4 Å². The molecule has 1 heterocycles. The first-order chi connectivity index (χ1) is 17.2. The first kappa shape index (κ1) is 25.4. The lowest BCUT2D eigenvalue weighted by Gasteiger charge is -2.32. The van der Waals surface area contributed by atoms with Crippen LogP contribution >= 0.6 is 11.6 Å². The minimum atomic E-state index is -0.604. The first-order valence-corrected chi connectivity index (χ1v) is 12.0. The summed E-state index contributed by atoms with van der Waals surface area (Å²) in [5.74, 6) is 0.244. The van der Waals surface area contributed by atoms with Gasteiger partial charge < -0.3 is 9.64 Å². The Morgan fingerprint density at radius 3 is 2.53 bits per heavy atom. The van der Waals surface area contributed by atoms with Gasteiger partial charge in [-0.3, -0.25) is 14.2 Å². The number of methoxy groups -OCH3 is 1. The van der Waals surface area contributed by atoms with E-state index in [-0.39, 0.29) is 22.4 Å². The molecule has 4 rings (SSSR count). The molecule has 0 bridgehead atoms. The third kappa shape index (κ3) is 4.97. The van der Waals surface area contributed by atoms with Gasteiger partial charge >= 0.3 is 0 Å². The normalized spacial score (nSPS) is 12.1. The van der Waals surface area contributed by atoms with E-state index >= 15 is 0 Å². The summed E-state index contributed by atoms with van der Waals surface area (Å²) in [5, 5.41) is 0.293. The van der Waals surface area contributed by atoms with Gasteiger partial charge in [-0.2, -0.15) is 0 Å². The van der Waals surface area contributed by atoms with Crippen LogP contribution in [0.25, 0.3) is 16.6 Å². The number of halogens is 2. The highest BCUT2D eigenvalue weighted by atomic mass is 35.5. The van der Waals surface area contributed by atoms with Gasteiger partial charge in [0.1, 0.15) is 17.4 Å². The van der Waals surface area contributed by atoms with Crippen molar-refractivity contribution in [3.63, 3.8) is 0 Å². The predicted octanol–water partition coefficient (Wildman–Crippen LogP) is 6.05. The molecular weight excluding hydrogens is 481 g/mol. The number of fused-ring (bicyclic) bond motifs is 1. The minimum Gasteiger partial charge on any atom is -0.497 e. The van der Waals surface area contributed by atoms with E-state index in [1.165, 1.54) is 22.8 Å². The van der Waals surface area contributed by atoms with Gasteiger partial charge in [0.2, 0.25) is 0 Å². The number of rotatable bonds is 7. The lowest BCUT2D eigenvalue weighted by molar-refractivity contribution is 0.0654. The molecule has 8 heteroatoms. The smallest absolute Gasteiger partial charge is 0.266 e. The number of hydrogen-bond acceptors (Lipinski definition) is 4. The second kappa shape index (κ2) is 10.5. The molecule has 0 aliphatic rings. The van der Waals surface area contributed by atoms with Crippen molar-refractivity contribution in [1.82, 2.24) is 14.5 Å². The summed E-state index contributed by atoms with van der Waals surface area (Å²) in [6.07, 6.45) is 0. The van der Waals surface area contributed by atoms with E-state index in [1.807, 2.05) is 20.8 Å². The zero-order chi connectivity index (χ0) is 26.0. The van der Waals surface area contributed by atoms with Gasteiger partial charge in [0.05, 0.1) is 34.8 Å². The van der Waals surface area contributed by atoms with Crippen molar-refractivity contribution in [3.05, 3.63) is 99.3 Å². The molecule has 1 amide bonds. The lowest BCUT2D eigenvalue weighted by Crippen LogP contribution is -2.39. The quantitative estimate of drug-likeness (QED) is 0.305. The van der Waals surface area contributed by atoms with E-state index in [1.54, 1.807) is 60.5 Å². The van der Waals surface area contributed by atoms with Crippen molar-refractivity contribution in [1.29, 1.82) is 0 Å². The second-order valence-corrected chi connectivity index (χ2v) is 9.39. The van der Waals surface area contributed by atoms with Crippen LogP contribution in [0.5, 0.6) is 5.75 Å². The van der Waals surface area contributed by atoms with Crippen molar-refractivity contribution in [2.75, 3.05) is 13.7 Å². The van der Waals surface area contributed by atoms with Crippen LogP contribution in [0.4, 0.5) is 4.39 Å². The summed E-state index contributed by atoms with van der Waals surface area (Å²) >= 11 is 6.07. The highest BCUT2D eigenvalue weighted by molar-refractivity contribution is 6.30. The van der Waals surface area contributed by atoms with E-state index in [0.717, 1.165) is 0 Å². The van der Waals surface area contributed by atoms with Crippen LogP contribution in [-0.2, 0) is 0 Å². The number of amides is 1. The average molecular weight is 508 g/mol. The Kier molecular flexibility index (Phi) is 7.40. The second-order valence-electron chi connectivity index (χ2n) is 8.99. The largest absolute Gasteiger partial charge is 0.497 e. The van der Waals surface area contributed by atoms with E-state index in [4.69, 9.17) is 21.3 Å². The van der Waals surface area contributed by atoms with Crippen LogP contribution in [0.1, 0.15) is 43.0 Å². The van der Waals surface area contributed by atoms with Crippen molar-refractivity contribution < 1.29 is 13.9 Å². The number of nitrogens with zero attached hydrogens (tertiary/aromatic N) is 3. The SMILES string of the molecule is COc1cccc(C(=O)N(CC(C)C)C(C)c2nc3ccccc3c(=O)n2-c2ccc(F)c(Cl)c2)c1. The molecule has 0 N–H and O–H groups in total. The van der Waals surface area contributed by atoms with Crippen LogP contribution in [0.2, 0.25) is 5.02 Å². The molecule has 3 aromatic carbocycles. The minimum absolute atomic E-state index is 0.113. The Hall–Kier alpha value is -3.71. The van der Waals surface area contributed by atoms with Crippen molar-refractivity contribution in [2.45, 2.75) is 26.8 Å². The fourth-order valence-electron chi connectivity index (χ4n) is 4.18. The van der Waals surface area contributed by atoms with E-state index in [2.05, 4.69) is 0 Å². The van der Waals surface area contributed by atoms with Crippen molar-refractivity contribution in [3.8, 4) is 11.4 Å². The molecule has 0 radical (unpaired) electrons. The summed E-state index contributed by atoms with van der Waals surface area (Å²) in [4.78, 5) is 33.9. The van der Waals surface area contributed by atoms with Gasteiger partial charge in [-0.25, -0.2) is 9.37 Å². The van der Waals surface area contributed by atoms with Crippen LogP contribution < -0.4 is 10.3 Å². The summed E-state index contributed by atoms with van der Waals surface area (Å²) in [6, 6.07) is 17.4. The van der Waals surface area contributed by atoms with Crippen molar-refractivity contribution >= 4 is 28.4 Å². The van der Waals surface area contributed by atoms with E-state index in [9.17, 15) is 14.0 Å². The number of carbonyl (C=O) groups excluding carboxylic acids is 1. The Morgan fingerprint density at radius 1 is 1.08 bits per heavy atom. The predicted molar refractivity (Wildman–Crippen MR) is 140 cm³/mol. The molecule has 1 unspecified atom stereocenters. The number of hydrogen-bond donors (Lipinski definition) is 0. The number of ether oxygens (including phenoxy) is 1. The topological polar surface area (TPSA) is 64.4 Å². The maximum atomic E-state index is 14.0. The van der Waals surface area contributed by atoms with Crippen LogP contribution in [-0.4, -0.2) is 34.0 Å². The zero-order valence-corrected chi connectivity index (χ0v) is 21.3. The fraction of sp³-hybridized carbons (Fsp3) is 0.250. The van der Waals surface area contributed by atoms with Gasteiger partial charge in [0.15, 0.2) is 0 Å². The first-order valence-electron chi connectivity index (χ1n) is 11.6. The molecule has 4 aromatic rings. The number of aromatic nitrogens is 2. The molecule has 1 aromatic heterocycles. The Morgan fingerprint density at radius 2 is 1.83 bits per heavy atom. The molecule has 0 fully saturated rings. The molecule has 1 atom stereocenters. The van der Waals surface area contributed by atoms with Gasteiger partial charge in [0.25, 0.3) is 11.5 Å². The molecule has 0 aliphatic carbocycles. The van der Waals surface area contributed by atoms with Crippen LogP contribution in [0, 0.1) is 11.7 Å². The summed E-state index contributed by atoms with van der Waals surface area (Å²) < 4.78 is 20.7. The third-order valence-corrected chi connectivity index (χ3v) is 6.23. The Balaban J connectivity index is 1.92. The molecule has 0 spiro atoms. The van der Waals surface area contributed by atoms with Crippen LogP contribution in [0.15, 0.2) is 71.5 Å². The highest BCUT2D eigenvalue weighted by Crippen LogP contribution is 2.27. The average Bonchev–Trinajstić information content (AvgIpc) is 2.88. The zero-order valence-electron chi connectivity index (χ0n) is 20.5. The monoisotopic (exact) mass is 507 g/mol. The van der Waals surface area contributed by atoms with Crippen molar-refractivity contribution in [2.24, 2.45) is 5.92 Å². The molecule has 0 aliphatic heterocycles. The summed E-state index contributed by atoms with van der Waals surface area (Å²) in [6.45, 7) is 6.28. The molecule has 0 saturated heterocycles. The molecular formula is C28H27ClFN3O3. The van der Waals surface area contributed by atoms with Gasteiger partial charge in [-0.1, -0.05) is 43.6 Å². The maximum Gasteiger partial charge on any atom is 0.266 e. The maximum absolute atomic E-state index is 14.0. The number of para-hydroxylation sites is 1. The van der Waals surface area contributed by atoms with Gasteiger partial charge in [0, 0.05) is 12.1 Å². The lowest BCUT2D eigenvalue weighted by atomic mass is 10.1. The van der Waals surface area contributed by atoms with Gasteiger partial charge in [-0.15, -0.1) is 0 Å². The van der Waals surface area contributed by atoms with Crippen LogP contribution in [0.3, 0.4) is 0 Å². The molecule has 186 valence electrons. The molecule has 6 nitrogen and oxygen atoms in total. The number of carbonyl (C=O) groups is 1. The van der Waals surface area contributed by atoms with E-state index < -0.39 is 11.9 Å². The highest BCUT2D eigenvalue weighted by Gasteiger charge is 2.28. The standard InChI is InChI=1S/C28H27ClFN3O3/c1-17(2)16-32(27(34)19-8-7-9-21(14-19)36-4)18(3)26-31-25-11-6-5-10-22(25)28(35)33(26)20-12-13-24(30)23(29)15-20/h5-15,17-18H,16H2,1-4H3. The number of benzene rings is 3.